The number of nitrogens with one attached hydrogen (secondary N) is 3. The predicted molar refractivity (Wildman–Crippen MR) is 145 cm³/mol. The zero-order valence-electron chi connectivity index (χ0n) is 20.9. The number of unbranched alkanes of at least 4 members (excludes halogenated alkanes) is 1. The molecule has 3 rings (SSSR count). The monoisotopic (exact) mass is 535 g/mol. The number of hydrogen-bond donors (Lipinski definition) is 4. The maximum atomic E-state index is 13.7. The van der Waals surface area contributed by atoms with Crippen molar-refractivity contribution in [2.45, 2.75) is 43.0 Å². The van der Waals surface area contributed by atoms with E-state index >= 15 is 0 Å². The van der Waals surface area contributed by atoms with Crippen molar-refractivity contribution in [3.8, 4) is 0 Å². The minimum Gasteiger partial charge on any atom is -0.354 e. The third-order valence-electron chi connectivity index (χ3n) is 6.62. The van der Waals surface area contributed by atoms with Gasteiger partial charge in [0.05, 0.1) is 6.54 Å². The van der Waals surface area contributed by atoms with E-state index in [4.69, 9.17) is 33.7 Å². The molecular weight excluding hydrogens is 501 g/mol. The summed E-state index contributed by atoms with van der Waals surface area (Å²) in [5.41, 5.74) is 6.46. The van der Waals surface area contributed by atoms with Gasteiger partial charge in [0.1, 0.15) is 11.1 Å². The molecule has 1 aliphatic rings. The molecule has 1 heterocycles. The van der Waals surface area contributed by atoms with Crippen LogP contribution in [0.3, 0.4) is 0 Å². The number of hydrogen-bond acceptors (Lipinski definition) is 6. The molecule has 196 valence electrons. The van der Waals surface area contributed by atoms with Crippen molar-refractivity contribution in [1.82, 2.24) is 16.0 Å². The predicted octanol–water partition coefficient (Wildman–Crippen LogP) is 3.35. The first-order chi connectivity index (χ1) is 17.2. The van der Waals surface area contributed by atoms with E-state index in [0.717, 1.165) is 24.1 Å². The van der Waals surface area contributed by atoms with E-state index < -0.39 is 22.9 Å². The van der Waals surface area contributed by atoms with E-state index in [1.165, 1.54) is 0 Å². The zero-order chi connectivity index (χ0) is 26.3. The molecule has 3 unspecified atom stereocenters. The van der Waals surface area contributed by atoms with Gasteiger partial charge in [-0.2, -0.15) is 0 Å². The molecular formula is C26H35Cl2N5O3. The van der Waals surface area contributed by atoms with Crippen LogP contribution in [0.2, 0.25) is 5.02 Å². The Hall–Kier alpha value is -2.36. The molecule has 0 fully saturated rings. The number of carbonyl (C=O) groups excluding carboxylic acids is 2. The number of fused-ring (bicyclic) bond motifs is 1. The molecule has 0 aliphatic carbocycles. The van der Waals surface area contributed by atoms with Crippen LogP contribution in [-0.4, -0.2) is 56.6 Å². The van der Waals surface area contributed by atoms with Crippen molar-refractivity contribution in [1.29, 1.82) is 0 Å². The van der Waals surface area contributed by atoms with Gasteiger partial charge in [0.15, 0.2) is 0 Å². The molecule has 0 saturated heterocycles. The van der Waals surface area contributed by atoms with Crippen LogP contribution in [0, 0.1) is 0 Å². The number of ketones is 1. The van der Waals surface area contributed by atoms with Gasteiger partial charge in [-0.3, -0.25) is 10.1 Å². The maximum Gasteiger partial charge on any atom is 0.315 e. The Morgan fingerprint density at radius 2 is 1.92 bits per heavy atom. The van der Waals surface area contributed by atoms with E-state index in [9.17, 15) is 9.59 Å². The molecule has 10 heteroatoms. The maximum absolute atomic E-state index is 13.7. The number of nitrogens with two attached hydrogens (primary N) is 1. The smallest absolute Gasteiger partial charge is 0.315 e. The van der Waals surface area contributed by atoms with Gasteiger partial charge >= 0.3 is 6.03 Å². The third kappa shape index (κ3) is 6.12. The molecule has 0 radical (unpaired) electrons. The standard InChI is InChI=1S/C26H35Cl2N5O3/c1-25(28)23(16-18-15-20(27)11-12-21(18)33(25)3)36-26(30-2,19-9-5-4-6-10-19)22(34)17-32-24(35)31-14-8-7-13-29/h4-6,9-12,15,23,30H,7-8,13-14,16-17,29H2,1-3H3,(H2,31,32,35). The van der Waals surface area contributed by atoms with Crippen molar-refractivity contribution in [2.75, 3.05) is 38.6 Å². The third-order valence-corrected chi connectivity index (χ3v) is 7.35. The minimum absolute atomic E-state index is 0.248. The molecule has 2 amide bonds. The van der Waals surface area contributed by atoms with E-state index in [2.05, 4.69) is 16.0 Å². The first kappa shape index (κ1) is 28.2. The highest BCUT2D eigenvalue weighted by atomic mass is 35.5. The summed E-state index contributed by atoms with van der Waals surface area (Å²) in [5.74, 6) is -0.361. The zero-order valence-corrected chi connectivity index (χ0v) is 22.5. The Balaban J connectivity index is 1.87. The first-order valence-corrected chi connectivity index (χ1v) is 12.8. The van der Waals surface area contributed by atoms with Gasteiger partial charge in [0.25, 0.3) is 0 Å². The van der Waals surface area contributed by atoms with E-state index in [-0.39, 0.29) is 12.3 Å². The number of nitrogens with zero attached hydrogens (tertiary/aromatic N) is 1. The molecule has 2 aromatic carbocycles. The second-order valence-corrected chi connectivity index (χ2v) is 10.2. The number of Topliss-reactive ketones (excluding diaryl/α,β-unsaturated/α-hetero) is 1. The van der Waals surface area contributed by atoms with Crippen LogP contribution >= 0.6 is 23.2 Å². The van der Waals surface area contributed by atoms with Gasteiger partial charge < -0.3 is 26.0 Å². The SMILES string of the molecule is CNC(OC1Cc2cc(Cl)ccc2N(C)C1(C)Cl)(C(=O)CNC(=O)NCCCCN)c1ccccc1. The average molecular weight is 537 g/mol. The highest BCUT2D eigenvalue weighted by Crippen LogP contribution is 2.43. The van der Waals surface area contributed by atoms with Crippen LogP contribution in [-0.2, 0) is 21.7 Å². The number of urea groups is 1. The number of benzene rings is 2. The van der Waals surface area contributed by atoms with Crippen LogP contribution in [0.15, 0.2) is 48.5 Å². The quantitative estimate of drug-likeness (QED) is 0.152. The summed E-state index contributed by atoms with van der Waals surface area (Å²) in [5, 5.41) is 9.09. The number of halogens is 2. The Morgan fingerprint density at radius 3 is 2.58 bits per heavy atom. The summed E-state index contributed by atoms with van der Waals surface area (Å²) in [6, 6.07) is 14.4. The molecule has 0 aromatic heterocycles. The summed E-state index contributed by atoms with van der Waals surface area (Å²) in [7, 11) is 3.54. The second kappa shape index (κ2) is 12.3. The van der Waals surface area contributed by atoms with Crippen molar-refractivity contribution in [3.63, 3.8) is 0 Å². The van der Waals surface area contributed by atoms with Gasteiger partial charge in [0.2, 0.25) is 11.5 Å². The fraction of sp³-hybridized carbons (Fsp3) is 0.462. The molecule has 0 bridgehead atoms. The Bertz CT molecular complexity index is 1050. The molecule has 0 saturated carbocycles. The summed E-state index contributed by atoms with van der Waals surface area (Å²) in [6.07, 6.45) is 1.42. The molecule has 1 aliphatic heterocycles. The fourth-order valence-corrected chi connectivity index (χ4v) is 4.78. The molecule has 0 spiro atoms. The normalized spacial score (nSPS) is 20.8. The minimum atomic E-state index is -1.55. The summed E-state index contributed by atoms with van der Waals surface area (Å²) in [6.45, 7) is 2.65. The highest BCUT2D eigenvalue weighted by molar-refractivity contribution is 6.30. The van der Waals surface area contributed by atoms with Crippen molar-refractivity contribution < 1.29 is 14.3 Å². The second-order valence-electron chi connectivity index (χ2n) is 8.99. The molecule has 2 aromatic rings. The van der Waals surface area contributed by atoms with Gasteiger partial charge in [0, 0.05) is 36.3 Å². The molecule has 36 heavy (non-hydrogen) atoms. The Morgan fingerprint density at radius 1 is 1.19 bits per heavy atom. The van der Waals surface area contributed by atoms with Gasteiger partial charge in [-0.25, -0.2) is 4.79 Å². The molecule has 8 nitrogen and oxygen atoms in total. The number of anilines is 1. The number of rotatable bonds is 11. The average Bonchev–Trinajstić information content (AvgIpc) is 2.87. The lowest BCUT2D eigenvalue weighted by molar-refractivity contribution is -0.165. The van der Waals surface area contributed by atoms with Crippen LogP contribution in [0.5, 0.6) is 0 Å². The summed E-state index contributed by atoms with van der Waals surface area (Å²) >= 11 is 13.3. The van der Waals surface area contributed by atoms with Crippen molar-refractivity contribution in [2.24, 2.45) is 5.73 Å². The van der Waals surface area contributed by atoms with Crippen molar-refractivity contribution >= 4 is 40.7 Å². The van der Waals surface area contributed by atoms with E-state index in [0.29, 0.717) is 30.1 Å². The molecule has 5 N–H and O–H groups in total. The largest absolute Gasteiger partial charge is 0.354 e. The van der Waals surface area contributed by atoms with Crippen LogP contribution in [0.25, 0.3) is 0 Å². The topological polar surface area (TPSA) is 109 Å². The van der Waals surface area contributed by atoms with E-state index in [1.807, 2.05) is 67.4 Å². The lowest BCUT2D eigenvalue weighted by atomic mass is 9.91. The van der Waals surface area contributed by atoms with E-state index in [1.54, 1.807) is 7.05 Å². The van der Waals surface area contributed by atoms with Crippen LogP contribution < -0.4 is 26.6 Å². The number of ether oxygens (including phenoxy) is 1. The summed E-state index contributed by atoms with van der Waals surface area (Å²) < 4.78 is 6.64. The fourth-order valence-electron chi connectivity index (χ4n) is 4.37. The lowest BCUT2D eigenvalue weighted by Gasteiger charge is -2.48. The molecule has 3 atom stereocenters. The number of alkyl halides is 1. The Labute approximate surface area is 222 Å². The van der Waals surface area contributed by atoms with Crippen LogP contribution in [0.4, 0.5) is 10.5 Å². The Kier molecular flexibility index (Phi) is 9.60. The lowest BCUT2D eigenvalue weighted by Crippen LogP contribution is -2.61. The van der Waals surface area contributed by atoms with Crippen molar-refractivity contribution in [3.05, 3.63) is 64.7 Å². The number of amides is 2. The van der Waals surface area contributed by atoms with Gasteiger partial charge in [-0.1, -0.05) is 53.5 Å². The first-order valence-electron chi connectivity index (χ1n) is 12.0. The van der Waals surface area contributed by atoms with Gasteiger partial charge in [-0.15, -0.1) is 0 Å². The van der Waals surface area contributed by atoms with Crippen LogP contribution in [0.1, 0.15) is 30.9 Å². The summed E-state index contributed by atoms with van der Waals surface area (Å²) in [4.78, 5) is 26.9. The number of carbonyl (C=O) groups is 2. The highest BCUT2D eigenvalue weighted by Gasteiger charge is 2.49. The van der Waals surface area contributed by atoms with Gasteiger partial charge in [-0.05, 0) is 57.1 Å². The number of likely N-dealkylation sites (N-methyl/N-ethyl adjacent to an activating group) is 2.